The minimum Gasteiger partial charge on any atom is -0.457 e. The molecule has 1 aliphatic rings. The molecule has 0 fully saturated rings. The highest BCUT2D eigenvalue weighted by atomic mass is 16.5. The average Bonchev–Trinajstić information content (AvgIpc) is 3.04. The zero-order valence-electron chi connectivity index (χ0n) is 13.0. The molecule has 7 heteroatoms. The van der Waals surface area contributed by atoms with Gasteiger partial charge in [0.1, 0.15) is 0 Å². The summed E-state index contributed by atoms with van der Waals surface area (Å²) in [6.45, 7) is 1.33. The lowest BCUT2D eigenvalue weighted by Gasteiger charge is -2.27. The van der Waals surface area contributed by atoms with Crippen LogP contribution in [0.15, 0.2) is 47.1 Å². The molecule has 2 amide bonds. The Bertz CT molecular complexity index is 769. The number of nitrogens with one attached hydrogen (secondary N) is 1. The maximum atomic E-state index is 12.6. The zero-order valence-corrected chi connectivity index (χ0v) is 13.0. The van der Waals surface area contributed by atoms with Crippen LogP contribution in [0.5, 0.6) is 0 Å². The van der Waals surface area contributed by atoms with Crippen molar-refractivity contribution in [1.82, 2.24) is 0 Å². The number of ether oxygens (including phenoxy) is 1. The van der Waals surface area contributed by atoms with E-state index in [-0.39, 0.29) is 24.1 Å². The maximum Gasteiger partial charge on any atom is 0.374 e. The molecule has 0 unspecified atom stereocenters. The van der Waals surface area contributed by atoms with E-state index < -0.39 is 18.5 Å². The Kier molecular flexibility index (Phi) is 4.33. The van der Waals surface area contributed by atoms with Crippen molar-refractivity contribution < 1.29 is 23.5 Å². The molecule has 1 atom stereocenters. The van der Waals surface area contributed by atoms with Crippen LogP contribution in [-0.2, 0) is 14.3 Å². The van der Waals surface area contributed by atoms with Gasteiger partial charge in [0.25, 0.3) is 5.91 Å². The average molecular weight is 328 g/mol. The third kappa shape index (κ3) is 3.15. The van der Waals surface area contributed by atoms with Gasteiger partial charge in [-0.3, -0.25) is 9.59 Å². The number of para-hydroxylation sites is 2. The fraction of sp³-hybridized carbons (Fsp3) is 0.235. The summed E-state index contributed by atoms with van der Waals surface area (Å²) >= 11 is 0. The minimum absolute atomic E-state index is 0.0314. The van der Waals surface area contributed by atoms with Crippen molar-refractivity contribution in [1.29, 1.82) is 0 Å². The van der Waals surface area contributed by atoms with E-state index in [9.17, 15) is 14.4 Å². The first-order chi connectivity index (χ1) is 11.6. The highest BCUT2D eigenvalue weighted by Crippen LogP contribution is 2.31. The molecule has 7 nitrogen and oxygen atoms in total. The van der Waals surface area contributed by atoms with E-state index in [2.05, 4.69) is 5.32 Å². The van der Waals surface area contributed by atoms with Crippen LogP contribution in [0.4, 0.5) is 11.4 Å². The van der Waals surface area contributed by atoms with Crippen molar-refractivity contribution in [3.05, 3.63) is 48.4 Å². The summed E-state index contributed by atoms with van der Waals surface area (Å²) in [7, 11) is 0. The van der Waals surface area contributed by atoms with Gasteiger partial charge in [-0.2, -0.15) is 0 Å². The lowest BCUT2D eigenvalue weighted by atomic mass is 10.1. The SMILES string of the molecule is C[C@H]1CC(=O)Nc2ccccc2N1C(=O)COC(=O)c1ccco1. The second-order valence-corrected chi connectivity index (χ2v) is 5.44. The Morgan fingerprint density at radius 1 is 1.29 bits per heavy atom. The summed E-state index contributed by atoms with van der Waals surface area (Å²) in [5, 5.41) is 2.77. The molecule has 1 N–H and O–H groups in total. The first kappa shape index (κ1) is 15.8. The molecule has 0 radical (unpaired) electrons. The fourth-order valence-corrected chi connectivity index (χ4v) is 2.63. The Balaban J connectivity index is 1.78. The number of amides is 2. The van der Waals surface area contributed by atoms with Crippen LogP contribution < -0.4 is 10.2 Å². The van der Waals surface area contributed by atoms with Crippen LogP contribution in [0.2, 0.25) is 0 Å². The van der Waals surface area contributed by atoms with Crippen LogP contribution in [-0.4, -0.2) is 30.4 Å². The number of carbonyl (C=O) groups is 3. The lowest BCUT2D eigenvalue weighted by Crippen LogP contribution is -2.41. The molecule has 124 valence electrons. The molecule has 2 aromatic rings. The van der Waals surface area contributed by atoms with E-state index in [0.29, 0.717) is 11.4 Å². The predicted octanol–water partition coefficient (Wildman–Crippen LogP) is 2.20. The molecule has 1 aromatic heterocycles. The molecule has 0 saturated heterocycles. The minimum atomic E-state index is -0.710. The van der Waals surface area contributed by atoms with Crippen molar-refractivity contribution in [2.45, 2.75) is 19.4 Å². The number of anilines is 2. The van der Waals surface area contributed by atoms with E-state index >= 15 is 0 Å². The summed E-state index contributed by atoms with van der Waals surface area (Å²) < 4.78 is 9.93. The summed E-state index contributed by atoms with van der Waals surface area (Å²) in [6, 6.07) is 9.67. The van der Waals surface area contributed by atoms with Gasteiger partial charge in [-0.25, -0.2) is 4.79 Å². The third-order valence-electron chi connectivity index (χ3n) is 3.68. The van der Waals surface area contributed by atoms with Crippen molar-refractivity contribution in [3.8, 4) is 0 Å². The van der Waals surface area contributed by atoms with E-state index in [4.69, 9.17) is 9.15 Å². The molecular weight excluding hydrogens is 312 g/mol. The second kappa shape index (κ2) is 6.57. The summed E-state index contributed by atoms with van der Waals surface area (Å²) in [5.74, 6) is -1.26. The van der Waals surface area contributed by atoms with Crippen LogP contribution in [0.1, 0.15) is 23.9 Å². The number of hydrogen-bond donors (Lipinski definition) is 1. The van der Waals surface area contributed by atoms with Crippen LogP contribution in [0.25, 0.3) is 0 Å². The summed E-state index contributed by atoms with van der Waals surface area (Å²) in [4.78, 5) is 37.7. The number of furan rings is 1. The largest absolute Gasteiger partial charge is 0.457 e. The first-order valence-corrected chi connectivity index (χ1v) is 7.48. The fourth-order valence-electron chi connectivity index (χ4n) is 2.63. The smallest absolute Gasteiger partial charge is 0.374 e. The summed E-state index contributed by atoms with van der Waals surface area (Å²) in [6.07, 6.45) is 1.51. The van der Waals surface area contributed by atoms with Gasteiger partial charge in [-0.1, -0.05) is 12.1 Å². The van der Waals surface area contributed by atoms with E-state index in [1.807, 2.05) is 0 Å². The van der Waals surface area contributed by atoms with Crippen molar-refractivity contribution >= 4 is 29.2 Å². The number of rotatable bonds is 3. The van der Waals surface area contributed by atoms with Gasteiger partial charge in [-0.15, -0.1) is 0 Å². The van der Waals surface area contributed by atoms with Crippen molar-refractivity contribution in [2.24, 2.45) is 0 Å². The molecule has 0 saturated carbocycles. The van der Waals surface area contributed by atoms with E-state index in [1.165, 1.54) is 17.2 Å². The second-order valence-electron chi connectivity index (χ2n) is 5.44. The lowest BCUT2D eigenvalue weighted by molar-refractivity contribution is -0.122. The molecule has 0 aliphatic carbocycles. The van der Waals surface area contributed by atoms with Gasteiger partial charge in [0.15, 0.2) is 6.61 Å². The number of nitrogens with zero attached hydrogens (tertiary/aromatic N) is 1. The number of fused-ring (bicyclic) bond motifs is 1. The first-order valence-electron chi connectivity index (χ1n) is 7.48. The molecule has 2 heterocycles. The molecule has 1 aromatic carbocycles. The molecule has 0 spiro atoms. The maximum absolute atomic E-state index is 12.6. The van der Waals surface area contributed by atoms with Gasteiger partial charge in [0.2, 0.25) is 11.7 Å². The van der Waals surface area contributed by atoms with Gasteiger partial charge in [0, 0.05) is 12.5 Å². The van der Waals surface area contributed by atoms with Crippen LogP contribution in [0, 0.1) is 0 Å². The number of benzene rings is 1. The highest BCUT2D eigenvalue weighted by Gasteiger charge is 2.30. The third-order valence-corrected chi connectivity index (χ3v) is 3.68. The van der Waals surface area contributed by atoms with Crippen LogP contribution in [0.3, 0.4) is 0 Å². The van der Waals surface area contributed by atoms with Gasteiger partial charge in [0.05, 0.1) is 17.6 Å². The van der Waals surface area contributed by atoms with Crippen molar-refractivity contribution in [2.75, 3.05) is 16.8 Å². The standard InChI is InChI=1S/C17H16N2O5/c1-11-9-15(20)18-12-5-2-3-6-13(12)19(11)16(21)10-24-17(22)14-7-4-8-23-14/h2-8,11H,9-10H2,1H3,(H,18,20)/t11-/m0/s1. The predicted molar refractivity (Wildman–Crippen MR) is 85.6 cm³/mol. The highest BCUT2D eigenvalue weighted by molar-refractivity contribution is 6.05. The van der Waals surface area contributed by atoms with Gasteiger partial charge >= 0.3 is 5.97 Å². The quantitative estimate of drug-likeness (QED) is 0.873. The summed E-state index contributed by atoms with van der Waals surface area (Å²) in [5.41, 5.74) is 1.13. The van der Waals surface area contributed by atoms with Crippen LogP contribution >= 0.6 is 0 Å². The van der Waals surface area contributed by atoms with Crippen molar-refractivity contribution in [3.63, 3.8) is 0 Å². The Labute approximate surface area is 138 Å². The van der Waals surface area contributed by atoms with Gasteiger partial charge < -0.3 is 19.4 Å². The molecule has 1 aliphatic heterocycles. The topological polar surface area (TPSA) is 88.9 Å². The number of esters is 1. The number of hydrogen-bond acceptors (Lipinski definition) is 5. The zero-order chi connectivity index (χ0) is 17.1. The monoisotopic (exact) mass is 328 g/mol. The molecular formula is C17H16N2O5. The molecule has 24 heavy (non-hydrogen) atoms. The Morgan fingerprint density at radius 2 is 2.08 bits per heavy atom. The molecule has 3 rings (SSSR count). The molecule has 0 bridgehead atoms. The van der Waals surface area contributed by atoms with E-state index in [1.54, 1.807) is 37.3 Å². The normalized spacial score (nSPS) is 16.8. The Hall–Kier alpha value is -3.09. The van der Waals surface area contributed by atoms with E-state index in [0.717, 1.165) is 0 Å². The van der Waals surface area contributed by atoms with Gasteiger partial charge in [-0.05, 0) is 31.2 Å². The number of carbonyl (C=O) groups excluding carboxylic acids is 3. The Morgan fingerprint density at radius 3 is 2.83 bits per heavy atom.